The van der Waals surface area contributed by atoms with Crippen LogP contribution in [-0.4, -0.2) is 21.8 Å². The summed E-state index contributed by atoms with van der Waals surface area (Å²) in [5.74, 6) is 1.07. The number of H-pyrrole nitrogens is 1. The topological polar surface area (TPSA) is 74.7 Å². The van der Waals surface area contributed by atoms with Gasteiger partial charge in [-0.25, -0.2) is 0 Å². The Balaban J connectivity index is 1.67. The molecule has 0 radical (unpaired) electrons. The van der Waals surface area contributed by atoms with E-state index in [9.17, 15) is 14.7 Å². The first kappa shape index (κ1) is 17.4. The molecule has 5 nitrogen and oxygen atoms in total. The normalized spacial score (nSPS) is 18.2. The van der Waals surface area contributed by atoms with Crippen LogP contribution in [-0.2, 0) is 0 Å². The lowest BCUT2D eigenvalue weighted by atomic mass is 9.76. The highest BCUT2D eigenvalue weighted by atomic mass is 19.3. The number of benzene rings is 3. The lowest BCUT2D eigenvalue weighted by Gasteiger charge is -2.34. The number of halogens is 1. The number of aromatic hydroxyl groups is 2. The second-order valence-corrected chi connectivity index (χ2v) is 7.24. The van der Waals surface area contributed by atoms with Gasteiger partial charge in [0.15, 0.2) is 5.75 Å². The number of nitrogens with one attached hydrogen (secondary N) is 1. The number of ether oxygens (including phenoxy) is 1. The standard InChI is InChI=1S/C23H18FNO4/c24-29-16-6-8-17-19(11-25-21(17)10-16)20-12-28-22-9-15(27)5-7-18(22)23(20)13-1-3-14(26)4-2-13/h1-11,20,23,25-27H,12H2. The number of rotatable bonds is 3. The monoisotopic (exact) mass is 391 g/mol. The smallest absolute Gasteiger partial charge is 0.174 e. The molecule has 2 atom stereocenters. The SMILES string of the molecule is Oc1ccc(C2c3ccc(O)cc3OCC2c2c[nH]c3cc(OF)ccc23)cc1. The first-order chi connectivity index (χ1) is 14.1. The summed E-state index contributed by atoms with van der Waals surface area (Å²) in [5.41, 5.74) is 3.81. The predicted octanol–water partition coefficient (Wildman–Crippen LogP) is 5.15. The van der Waals surface area contributed by atoms with E-state index >= 15 is 0 Å². The number of phenols is 2. The molecular formula is C23H18FNO4. The second kappa shape index (κ2) is 6.74. The quantitative estimate of drug-likeness (QED) is 0.451. The van der Waals surface area contributed by atoms with Gasteiger partial charge in [-0.05, 0) is 41.5 Å². The molecule has 2 heterocycles. The molecule has 5 rings (SSSR count). The van der Waals surface area contributed by atoms with Gasteiger partial charge in [-0.3, -0.25) is 4.94 Å². The molecule has 146 valence electrons. The first-order valence-electron chi connectivity index (χ1n) is 9.28. The number of aromatic amines is 1. The molecule has 6 heteroatoms. The van der Waals surface area contributed by atoms with Crippen molar-refractivity contribution in [2.45, 2.75) is 11.8 Å². The Kier molecular flexibility index (Phi) is 4.05. The van der Waals surface area contributed by atoms with Gasteiger partial charge >= 0.3 is 0 Å². The lowest BCUT2D eigenvalue weighted by Crippen LogP contribution is -2.25. The zero-order valence-corrected chi connectivity index (χ0v) is 15.3. The molecule has 1 aliphatic heterocycles. The fourth-order valence-electron chi connectivity index (χ4n) is 4.24. The second-order valence-electron chi connectivity index (χ2n) is 7.24. The van der Waals surface area contributed by atoms with Crippen LogP contribution in [0.3, 0.4) is 0 Å². The minimum Gasteiger partial charge on any atom is -0.508 e. The van der Waals surface area contributed by atoms with Gasteiger partial charge in [0.2, 0.25) is 0 Å². The third kappa shape index (κ3) is 2.93. The summed E-state index contributed by atoms with van der Waals surface area (Å²) in [6, 6.07) is 17.3. The van der Waals surface area contributed by atoms with Crippen molar-refractivity contribution in [3.05, 3.63) is 83.6 Å². The molecule has 3 aromatic carbocycles. The maximum Gasteiger partial charge on any atom is 0.174 e. The Morgan fingerprint density at radius 1 is 0.931 bits per heavy atom. The van der Waals surface area contributed by atoms with Gasteiger partial charge in [-0.2, -0.15) is 0 Å². The van der Waals surface area contributed by atoms with Crippen LogP contribution in [0, 0.1) is 0 Å². The molecule has 0 spiro atoms. The van der Waals surface area contributed by atoms with E-state index in [0.717, 1.165) is 27.6 Å². The highest BCUT2D eigenvalue weighted by molar-refractivity contribution is 5.85. The average Bonchev–Trinajstić information content (AvgIpc) is 3.16. The van der Waals surface area contributed by atoms with E-state index in [2.05, 4.69) is 9.93 Å². The molecule has 0 saturated carbocycles. The van der Waals surface area contributed by atoms with E-state index in [1.54, 1.807) is 36.4 Å². The van der Waals surface area contributed by atoms with Crippen LogP contribution in [0.4, 0.5) is 4.53 Å². The summed E-state index contributed by atoms with van der Waals surface area (Å²) in [4.78, 5) is 7.04. The molecule has 4 aromatic rings. The fourth-order valence-corrected chi connectivity index (χ4v) is 4.24. The predicted molar refractivity (Wildman–Crippen MR) is 106 cm³/mol. The number of hydrogen-bond acceptors (Lipinski definition) is 4. The number of phenolic OH excluding ortho intramolecular Hbond substituents is 2. The minimum atomic E-state index is -0.0453. The largest absolute Gasteiger partial charge is 0.508 e. The van der Waals surface area contributed by atoms with Gasteiger partial charge in [0.05, 0.1) is 6.61 Å². The van der Waals surface area contributed by atoms with E-state index in [0.29, 0.717) is 12.4 Å². The number of aromatic nitrogens is 1. The van der Waals surface area contributed by atoms with E-state index in [-0.39, 0.29) is 29.1 Å². The molecule has 3 N–H and O–H groups in total. The maximum absolute atomic E-state index is 12.6. The Morgan fingerprint density at radius 3 is 2.52 bits per heavy atom. The number of hydrogen-bond donors (Lipinski definition) is 3. The minimum absolute atomic E-state index is 0.0255. The van der Waals surface area contributed by atoms with Crippen LogP contribution in [0.5, 0.6) is 23.0 Å². The van der Waals surface area contributed by atoms with Crippen molar-refractivity contribution in [2.75, 3.05) is 6.61 Å². The first-order valence-corrected chi connectivity index (χ1v) is 9.28. The maximum atomic E-state index is 12.6. The molecule has 2 unspecified atom stereocenters. The van der Waals surface area contributed by atoms with Crippen molar-refractivity contribution in [2.24, 2.45) is 0 Å². The molecule has 1 aliphatic rings. The van der Waals surface area contributed by atoms with Crippen molar-refractivity contribution in [3.63, 3.8) is 0 Å². The van der Waals surface area contributed by atoms with Gasteiger partial charge < -0.3 is 19.9 Å². The van der Waals surface area contributed by atoms with Gasteiger partial charge in [0, 0.05) is 51.2 Å². The summed E-state index contributed by atoms with van der Waals surface area (Å²) in [7, 11) is 0. The molecule has 29 heavy (non-hydrogen) atoms. The number of fused-ring (bicyclic) bond motifs is 2. The third-order valence-corrected chi connectivity index (χ3v) is 5.58. The molecule has 0 bridgehead atoms. The van der Waals surface area contributed by atoms with Crippen molar-refractivity contribution < 1.29 is 24.4 Å². The molecule has 0 amide bonds. The lowest BCUT2D eigenvalue weighted by molar-refractivity contribution is -0.00604. The van der Waals surface area contributed by atoms with Gasteiger partial charge in [0.25, 0.3) is 0 Å². The van der Waals surface area contributed by atoms with Crippen molar-refractivity contribution in [3.8, 4) is 23.0 Å². The van der Waals surface area contributed by atoms with E-state index in [1.165, 1.54) is 0 Å². The molecule has 0 fully saturated rings. The Bertz CT molecular complexity index is 1190. The Morgan fingerprint density at radius 2 is 1.72 bits per heavy atom. The average molecular weight is 391 g/mol. The Hall–Kier alpha value is -3.67. The van der Waals surface area contributed by atoms with Crippen LogP contribution in [0.15, 0.2) is 66.9 Å². The van der Waals surface area contributed by atoms with Gasteiger partial charge in [0.1, 0.15) is 17.2 Å². The van der Waals surface area contributed by atoms with E-state index in [1.807, 2.05) is 30.5 Å². The van der Waals surface area contributed by atoms with Crippen molar-refractivity contribution in [1.82, 2.24) is 4.98 Å². The van der Waals surface area contributed by atoms with Crippen LogP contribution in [0.1, 0.15) is 28.5 Å². The van der Waals surface area contributed by atoms with Crippen molar-refractivity contribution in [1.29, 1.82) is 0 Å². The summed E-state index contributed by atoms with van der Waals surface area (Å²) in [5, 5.41) is 20.5. The molecular weight excluding hydrogens is 373 g/mol. The third-order valence-electron chi connectivity index (χ3n) is 5.58. The van der Waals surface area contributed by atoms with Crippen LogP contribution >= 0.6 is 0 Å². The Labute approximate surface area is 165 Å². The zero-order valence-electron chi connectivity index (χ0n) is 15.3. The molecule has 0 saturated heterocycles. The van der Waals surface area contributed by atoms with Gasteiger partial charge in [-0.1, -0.05) is 18.2 Å². The van der Waals surface area contributed by atoms with Crippen LogP contribution in [0.2, 0.25) is 0 Å². The summed E-state index contributed by atoms with van der Waals surface area (Å²) in [6.07, 6.45) is 1.92. The van der Waals surface area contributed by atoms with E-state index in [4.69, 9.17) is 4.74 Å². The highest BCUT2D eigenvalue weighted by Gasteiger charge is 2.35. The fraction of sp³-hybridized carbons (Fsp3) is 0.130. The molecule has 1 aromatic heterocycles. The molecule has 0 aliphatic carbocycles. The highest BCUT2D eigenvalue weighted by Crippen LogP contribution is 2.48. The zero-order chi connectivity index (χ0) is 20.0. The van der Waals surface area contributed by atoms with Crippen LogP contribution < -0.4 is 9.68 Å². The van der Waals surface area contributed by atoms with Crippen LogP contribution in [0.25, 0.3) is 10.9 Å². The van der Waals surface area contributed by atoms with Crippen molar-refractivity contribution >= 4 is 10.9 Å². The summed E-state index contributed by atoms with van der Waals surface area (Å²) >= 11 is 0. The van der Waals surface area contributed by atoms with E-state index < -0.39 is 0 Å². The summed E-state index contributed by atoms with van der Waals surface area (Å²) in [6.45, 7) is 0.413. The van der Waals surface area contributed by atoms with Gasteiger partial charge in [-0.15, -0.1) is 0 Å². The summed E-state index contributed by atoms with van der Waals surface area (Å²) < 4.78 is 18.6.